The number of rotatable bonds is 2. The van der Waals surface area contributed by atoms with Crippen LogP contribution >= 0.6 is 0 Å². The Hall–Kier alpha value is -2.86. The zero-order chi connectivity index (χ0) is 28.0. The molecule has 5 aliphatic rings. The first-order valence-electron chi connectivity index (χ1n) is 13.6. The van der Waals surface area contributed by atoms with Gasteiger partial charge in [-0.2, -0.15) is 0 Å². The van der Waals surface area contributed by atoms with Crippen molar-refractivity contribution in [1.82, 2.24) is 0 Å². The highest BCUT2D eigenvalue weighted by molar-refractivity contribution is 5.95. The number of carbonyl (C=O) groups excluding carboxylic acids is 2. The summed E-state index contributed by atoms with van der Waals surface area (Å²) in [5.74, 6) is -0.827. The molecule has 1 fully saturated rings. The molecule has 0 N–H and O–H groups in total. The van der Waals surface area contributed by atoms with Crippen molar-refractivity contribution in [2.45, 2.75) is 12.0 Å². The van der Waals surface area contributed by atoms with Crippen LogP contribution in [0.25, 0.3) is 0 Å². The van der Waals surface area contributed by atoms with Crippen LogP contribution in [-0.2, 0) is 48.3 Å². The predicted molar refractivity (Wildman–Crippen MR) is 142 cm³/mol. The topological polar surface area (TPSA) is 108 Å². The van der Waals surface area contributed by atoms with E-state index in [-0.39, 0.29) is 6.61 Å². The van der Waals surface area contributed by atoms with E-state index in [0.717, 1.165) is 28.7 Å². The highest BCUT2D eigenvalue weighted by Gasteiger charge is 2.66. The Morgan fingerprint density at radius 2 is 1.20 bits per heavy atom. The van der Waals surface area contributed by atoms with Gasteiger partial charge in [0.15, 0.2) is 0 Å². The second kappa shape index (κ2) is 12.8. The highest BCUT2D eigenvalue weighted by Crippen LogP contribution is 2.67. The third kappa shape index (κ3) is 5.15. The normalized spacial score (nSPS) is 25.4. The van der Waals surface area contributed by atoms with Crippen molar-refractivity contribution in [1.29, 1.82) is 0 Å². The molecule has 6 rings (SSSR count). The van der Waals surface area contributed by atoms with Crippen LogP contribution in [0.15, 0.2) is 53.1 Å². The van der Waals surface area contributed by atoms with Crippen LogP contribution in [0.3, 0.4) is 0 Å². The molecule has 1 aromatic rings. The number of hydrogen-bond donors (Lipinski definition) is 0. The third-order valence-corrected chi connectivity index (χ3v) is 7.67. The first kappa shape index (κ1) is 28.7. The monoisotopic (exact) mass is 556 g/mol. The van der Waals surface area contributed by atoms with Crippen LogP contribution < -0.4 is 0 Å². The molecule has 40 heavy (non-hydrogen) atoms. The van der Waals surface area contributed by atoms with Gasteiger partial charge in [0.2, 0.25) is 0 Å². The molecule has 10 nitrogen and oxygen atoms in total. The van der Waals surface area contributed by atoms with E-state index in [1.807, 2.05) is 24.3 Å². The van der Waals surface area contributed by atoms with Gasteiger partial charge in [0.1, 0.15) is 5.60 Å². The number of esters is 2. The highest BCUT2D eigenvalue weighted by atomic mass is 16.6. The minimum Gasteiger partial charge on any atom is -0.465 e. The lowest BCUT2D eigenvalue weighted by Crippen LogP contribution is -2.60. The lowest BCUT2D eigenvalue weighted by atomic mass is 9.47. The van der Waals surface area contributed by atoms with Gasteiger partial charge in [0.05, 0.1) is 90.2 Å². The van der Waals surface area contributed by atoms with Gasteiger partial charge in [-0.15, -0.1) is 0 Å². The van der Waals surface area contributed by atoms with Gasteiger partial charge >= 0.3 is 11.9 Å². The van der Waals surface area contributed by atoms with Crippen LogP contribution in [0.2, 0.25) is 0 Å². The van der Waals surface area contributed by atoms with E-state index in [2.05, 4.69) is 0 Å². The minimum atomic E-state index is -0.937. The predicted octanol–water partition coefficient (Wildman–Crippen LogP) is 2.50. The zero-order valence-corrected chi connectivity index (χ0v) is 23.0. The van der Waals surface area contributed by atoms with Crippen molar-refractivity contribution < 1.29 is 47.5 Å². The quantitative estimate of drug-likeness (QED) is 0.504. The Balaban J connectivity index is 1.44. The molecule has 2 spiro atoms. The molecule has 0 aromatic heterocycles. The maximum atomic E-state index is 12.4. The third-order valence-electron chi connectivity index (χ3n) is 7.67. The van der Waals surface area contributed by atoms with Crippen molar-refractivity contribution in [2.75, 3.05) is 86.9 Å². The Kier molecular flexibility index (Phi) is 9.14. The number of methoxy groups -OCH3 is 2. The van der Waals surface area contributed by atoms with E-state index < -0.39 is 23.0 Å². The molecule has 1 atom stereocenters. The maximum Gasteiger partial charge on any atom is 0.337 e. The number of ether oxygens (including phenoxy) is 8. The SMILES string of the molecule is COC(=O)C1=CC2=CC(=C1)C21OCCOCCOCCCOCCOCCOCC12c1cc(C(=O)OC)cc2c1. The summed E-state index contributed by atoms with van der Waals surface area (Å²) in [6, 6.07) is 5.61. The van der Waals surface area contributed by atoms with Crippen molar-refractivity contribution >= 4 is 11.9 Å². The summed E-state index contributed by atoms with van der Waals surface area (Å²) < 4.78 is 45.6. The zero-order valence-electron chi connectivity index (χ0n) is 23.0. The number of fused-ring (bicyclic) bond motifs is 2. The molecule has 4 bridgehead atoms. The van der Waals surface area contributed by atoms with Gasteiger partial charge in [-0.1, -0.05) is 6.08 Å². The number of allylic oxidation sites excluding steroid dienone is 2. The maximum absolute atomic E-state index is 12.4. The fourth-order valence-corrected chi connectivity index (χ4v) is 5.77. The van der Waals surface area contributed by atoms with Crippen molar-refractivity contribution in [3.8, 4) is 0 Å². The Morgan fingerprint density at radius 3 is 1.77 bits per heavy atom. The summed E-state index contributed by atoms with van der Waals surface area (Å²) in [5.41, 5.74) is 2.68. The van der Waals surface area contributed by atoms with E-state index in [4.69, 9.17) is 37.9 Å². The number of carbonyl (C=O) groups is 2. The van der Waals surface area contributed by atoms with Crippen LogP contribution in [0.4, 0.5) is 0 Å². The molecule has 0 saturated carbocycles. The van der Waals surface area contributed by atoms with Crippen molar-refractivity contribution in [2.24, 2.45) is 5.41 Å². The van der Waals surface area contributed by atoms with E-state index in [0.29, 0.717) is 77.2 Å². The molecular formula is C30H36O10. The lowest BCUT2D eigenvalue weighted by Gasteiger charge is -2.60. The second-order valence-electron chi connectivity index (χ2n) is 9.87. The summed E-state index contributed by atoms with van der Waals surface area (Å²) in [4.78, 5) is 24.7. The molecule has 10 heteroatoms. The first-order chi connectivity index (χ1) is 19.6. The molecular weight excluding hydrogens is 520 g/mol. The minimum absolute atomic E-state index is 0.278. The molecule has 4 aliphatic carbocycles. The molecule has 216 valence electrons. The summed E-state index contributed by atoms with van der Waals surface area (Å²) in [6.45, 7) is 4.81. The standard InChI is InChI=1S/C30H36O10/c1-33-27(31)21-14-23-18-24(15-21)29(23)20-39-11-10-37-8-6-35-4-3-5-36-7-9-38-12-13-40-30(29)25-16-22(28(32)34-2)17-26(30)19-25/h14-19H,3-13,20H2,1-2H3. The average Bonchev–Trinajstić information content (AvgIpc) is 2.99. The Morgan fingerprint density at radius 1 is 0.650 bits per heavy atom. The fraction of sp³-hybridized carbons (Fsp3) is 0.533. The van der Waals surface area contributed by atoms with Gasteiger partial charge in [0, 0.05) is 13.2 Å². The number of benzene rings is 1. The molecule has 1 unspecified atom stereocenters. The first-order valence-corrected chi connectivity index (χ1v) is 13.6. The van der Waals surface area contributed by atoms with Crippen LogP contribution in [0.1, 0.15) is 27.9 Å². The van der Waals surface area contributed by atoms with E-state index in [1.54, 1.807) is 12.1 Å². The van der Waals surface area contributed by atoms with Crippen molar-refractivity contribution in [3.05, 3.63) is 69.8 Å². The fourth-order valence-electron chi connectivity index (χ4n) is 5.77. The molecule has 0 radical (unpaired) electrons. The van der Waals surface area contributed by atoms with Gasteiger partial charge in [0.25, 0.3) is 0 Å². The Bertz CT molecular complexity index is 1170. The summed E-state index contributed by atoms with van der Waals surface area (Å²) in [5, 5.41) is 0. The largest absolute Gasteiger partial charge is 0.465 e. The van der Waals surface area contributed by atoms with Gasteiger partial charge < -0.3 is 37.9 Å². The van der Waals surface area contributed by atoms with Crippen LogP contribution in [0, 0.1) is 5.41 Å². The molecule has 1 saturated heterocycles. The molecule has 1 heterocycles. The van der Waals surface area contributed by atoms with E-state index >= 15 is 0 Å². The molecule has 1 aromatic carbocycles. The summed E-state index contributed by atoms with van der Waals surface area (Å²) in [7, 11) is 2.72. The van der Waals surface area contributed by atoms with Crippen LogP contribution in [0.5, 0.6) is 0 Å². The Labute approximate surface area is 233 Å². The van der Waals surface area contributed by atoms with E-state index in [9.17, 15) is 9.59 Å². The van der Waals surface area contributed by atoms with Gasteiger partial charge in [-0.3, -0.25) is 0 Å². The summed E-state index contributed by atoms with van der Waals surface area (Å²) >= 11 is 0. The molecule has 1 aliphatic heterocycles. The van der Waals surface area contributed by atoms with Gasteiger partial charge in [-0.05, 0) is 59.0 Å². The van der Waals surface area contributed by atoms with E-state index in [1.165, 1.54) is 14.2 Å². The van der Waals surface area contributed by atoms with Crippen molar-refractivity contribution in [3.63, 3.8) is 0 Å². The summed E-state index contributed by atoms with van der Waals surface area (Å²) in [6.07, 6.45) is 6.49. The number of hydrogen-bond acceptors (Lipinski definition) is 10. The second-order valence-corrected chi connectivity index (χ2v) is 9.87. The van der Waals surface area contributed by atoms with Crippen LogP contribution in [-0.4, -0.2) is 98.8 Å². The molecule has 0 amide bonds. The smallest absolute Gasteiger partial charge is 0.337 e. The van der Waals surface area contributed by atoms with Gasteiger partial charge in [-0.25, -0.2) is 9.59 Å². The average molecular weight is 557 g/mol. The lowest BCUT2D eigenvalue weighted by molar-refractivity contribution is -0.138.